The summed E-state index contributed by atoms with van der Waals surface area (Å²) in [6.45, 7) is 2.31. The molecule has 0 saturated carbocycles. The Morgan fingerprint density at radius 2 is 1.32 bits per heavy atom. The fraction of sp³-hybridized carbons (Fsp3) is 0.600. The maximum absolute atomic E-state index is 12.4. The summed E-state index contributed by atoms with van der Waals surface area (Å²) in [5.74, 6) is -7.49. The predicted molar refractivity (Wildman–Crippen MR) is 91.8 cm³/mol. The second-order valence-corrected chi connectivity index (χ2v) is 6.21. The second kappa shape index (κ2) is 11.5. The third-order valence-electron chi connectivity index (χ3n) is 3.40. The van der Waals surface area contributed by atoms with E-state index in [1.807, 2.05) is 5.32 Å². The van der Waals surface area contributed by atoms with E-state index in [0.29, 0.717) is 0 Å². The van der Waals surface area contributed by atoms with Crippen LogP contribution in [0.15, 0.2) is 0 Å². The van der Waals surface area contributed by atoms with Crippen LogP contribution in [-0.4, -0.2) is 75.6 Å². The van der Waals surface area contributed by atoms with Gasteiger partial charge in [0.25, 0.3) is 0 Å². The van der Waals surface area contributed by atoms with Gasteiger partial charge in [0.15, 0.2) is 0 Å². The van der Waals surface area contributed by atoms with Gasteiger partial charge in [-0.15, -0.1) is 0 Å². The van der Waals surface area contributed by atoms with Gasteiger partial charge in [-0.3, -0.25) is 28.8 Å². The predicted octanol–water partition coefficient (Wildman–Crippen LogP) is -2.91. The number of carboxylic acids is 3. The third kappa shape index (κ3) is 9.47. The maximum Gasteiger partial charge on any atom is 0.322 e. The number of amides is 3. The van der Waals surface area contributed by atoms with E-state index in [2.05, 4.69) is 10.6 Å². The Morgan fingerprint density at radius 1 is 0.786 bits per heavy atom. The number of hydrogen-bond donors (Lipinski definition) is 7. The van der Waals surface area contributed by atoms with Crippen LogP contribution in [0.5, 0.6) is 0 Å². The summed E-state index contributed by atoms with van der Waals surface area (Å²) >= 11 is 0. The molecule has 0 aromatic carbocycles. The van der Waals surface area contributed by atoms with E-state index in [9.17, 15) is 28.8 Å². The zero-order valence-corrected chi connectivity index (χ0v) is 15.3. The van der Waals surface area contributed by atoms with Crippen molar-refractivity contribution in [3.63, 3.8) is 0 Å². The maximum atomic E-state index is 12.4. The molecule has 0 radical (unpaired) electrons. The van der Waals surface area contributed by atoms with E-state index in [-0.39, 0.29) is 0 Å². The van der Waals surface area contributed by atoms with Gasteiger partial charge in [0, 0.05) is 0 Å². The van der Waals surface area contributed by atoms with E-state index in [1.54, 1.807) is 13.8 Å². The van der Waals surface area contributed by atoms with E-state index in [4.69, 9.17) is 21.1 Å². The minimum absolute atomic E-state index is 0.520. The molecule has 0 spiro atoms. The van der Waals surface area contributed by atoms with Crippen LogP contribution in [0.1, 0.15) is 26.7 Å². The molecular formula is C15H24N4O9. The molecule has 13 nitrogen and oxygen atoms in total. The van der Waals surface area contributed by atoms with E-state index < -0.39 is 79.1 Å². The molecule has 0 fully saturated rings. The first kappa shape index (κ1) is 24.8. The number of aliphatic carboxylic acids is 3. The molecule has 158 valence electrons. The average molecular weight is 404 g/mol. The van der Waals surface area contributed by atoms with Crippen molar-refractivity contribution in [3.05, 3.63) is 0 Å². The number of nitrogens with one attached hydrogen (secondary N) is 3. The third-order valence-corrected chi connectivity index (χ3v) is 3.40. The van der Waals surface area contributed by atoms with Gasteiger partial charge in [0.05, 0.1) is 18.9 Å². The summed E-state index contributed by atoms with van der Waals surface area (Å²) in [5, 5.41) is 32.5. The van der Waals surface area contributed by atoms with Crippen LogP contribution in [0.2, 0.25) is 0 Å². The molecule has 0 heterocycles. The van der Waals surface area contributed by atoms with Crippen LogP contribution in [0, 0.1) is 5.92 Å². The fourth-order valence-electron chi connectivity index (χ4n) is 2.01. The van der Waals surface area contributed by atoms with Crippen molar-refractivity contribution in [2.45, 2.75) is 44.8 Å². The Hall–Kier alpha value is -3.22. The summed E-state index contributed by atoms with van der Waals surface area (Å²) in [5.41, 5.74) is 5.43. The quantitative estimate of drug-likeness (QED) is 0.175. The van der Waals surface area contributed by atoms with Gasteiger partial charge in [-0.2, -0.15) is 0 Å². The van der Waals surface area contributed by atoms with Crippen molar-refractivity contribution in [3.8, 4) is 0 Å². The summed E-state index contributed by atoms with van der Waals surface area (Å²) < 4.78 is 0. The highest BCUT2D eigenvalue weighted by molar-refractivity contribution is 5.95. The van der Waals surface area contributed by atoms with Crippen molar-refractivity contribution in [1.29, 1.82) is 0 Å². The molecule has 3 atom stereocenters. The summed E-state index contributed by atoms with van der Waals surface area (Å²) in [6, 6.07) is -4.24. The van der Waals surface area contributed by atoms with E-state index in [1.165, 1.54) is 0 Å². The van der Waals surface area contributed by atoms with Gasteiger partial charge in [-0.05, 0) is 5.92 Å². The molecule has 0 aliphatic carbocycles. The normalized spacial score (nSPS) is 13.7. The highest BCUT2D eigenvalue weighted by atomic mass is 16.4. The fourth-order valence-corrected chi connectivity index (χ4v) is 2.01. The van der Waals surface area contributed by atoms with E-state index >= 15 is 0 Å². The zero-order chi connectivity index (χ0) is 22.0. The molecule has 0 saturated heterocycles. The molecular weight excluding hydrogens is 380 g/mol. The SMILES string of the molecule is CC(C)C(NC(=O)C(N)CC(=O)O)C(=O)NC(CC(=O)O)C(=O)NCC(=O)O. The highest BCUT2D eigenvalue weighted by Crippen LogP contribution is 2.05. The molecule has 0 bridgehead atoms. The minimum atomic E-state index is -1.59. The lowest BCUT2D eigenvalue weighted by atomic mass is 10.0. The van der Waals surface area contributed by atoms with Crippen molar-refractivity contribution >= 4 is 35.6 Å². The monoisotopic (exact) mass is 404 g/mol. The second-order valence-electron chi connectivity index (χ2n) is 6.21. The van der Waals surface area contributed by atoms with Crippen LogP contribution in [0.3, 0.4) is 0 Å². The lowest BCUT2D eigenvalue weighted by Crippen LogP contribution is -2.58. The van der Waals surface area contributed by atoms with Crippen molar-refractivity contribution < 1.29 is 44.1 Å². The molecule has 3 unspecified atom stereocenters. The summed E-state index contributed by atoms with van der Waals surface area (Å²) in [4.78, 5) is 68.4. The van der Waals surface area contributed by atoms with Gasteiger partial charge < -0.3 is 37.0 Å². The van der Waals surface area contributed by atoms with E-state index in [0.717, 1.165) is 0 Å². The molecule has 13 heteroatoms. The minimum Gasteiger partial charge on any atom is -0.481 e. The smallest absolute Gasteiger partial charge is 0.322 e. The molecule has 0 aliphatic heterocycles. The van der Waals surface area contributed by atoms with Crippen molar-refractivity contribution in [1.82, 2.24) is 16.0 Å². The zero-order valence-electron chi connectivity index (χ0n) is 15.3. The van der Waals surface area contributed by atoms with Crippen LogP contribution < -0.4 is 21.7 Å². The Kier molecular flexibility index (Phi) is 10.2. The van der Waals surface area contributed by atoms with Crippen molar-refractivity contribution in [2.75, 3.05) is 6.54 Å². The van der Waals surface area contributed by atoms with Crippen LogP contribution >= 0.6 is 0 Å². The van der Waals surface area contributed by atoms with Gasteiger partial charge in [-0.25, -0.2) is 0 Å². The molecule has 0 aromatic heterocycles. The van der Waals surface area contributed by atoms with Crippen LogP contribution in [0.4, 0.5) is 0 Å². The molecule has 0 aliphatic rings. The topological polar surface area (TPSA) is 225 Å². The first-order chi connectivity index (χ1) is 12.8. The lowest BCUT2D eigenvalue weighted by molar-refractivity contribution is -0.141. The average Bonchev–Trinajstić information content (AvgIpc) is 2.54. The number of carbonyl (C=O) groups is 6. The van der Waals surface area contributed by atoms with Crippen molar-refractivity contribution in [2.24, 2.45) is 11.7 Å². The van der Waals surface area contributed by atoms with Gasteiger partial charge in [0.2, 0.25) is 17.7 Å². The first-order valence-electron chi connectivity index (χ1n) is 8.14. The molecule has 0 rings (SSSR count). The lowest BCUT2D eigenvalue weighted by Gasteiger charge is -2.25. The Morgan fingerprint density at radius 3 is 1.75 bits per heavy atom. The Balaban J connectivity index is 5.20. The summed E-state index contributed by atoms with van der Waals surface area (Å²) in [6.07, 6.45) is -1.49. The van der Waals surface area contributed by atoms with Crippen LogP contribution in [-0.2, 0) is 28.8 Å². The Bertz CT molecular complexity index is 635. The van der Waals surface area contributed by atoms with Gasteiger partial charge in [0.1, 0.15) is 18.6 Å². The standard InChI is InChI=1S/C15H24N4O9/c1-6(2)12(19-13(26)7(16)3-9(20)21)15(28)18-8(4-10(22)23)14(27)17-5-11(24)25/h6-8,12H,3-5,16H2,1-2H3,(H,17,27)(H,18,28)(H,19,26)(H,20,21)(H,22,23)(H,24,25). The number of nitrogens with two attached hydrogens (primary N) is 1. The largest absolute Gasteiger partial charge is 0.481 e. The molecule has 0 aromatic rings. The molecule has 3 amide bonds. The number of carboxylic acid groups (broad SMARTS) is 3. The molecule has 8 N–H and O–H groups in total. The van der Waals surface area contributed by atoms with Crippen LogP contribution in [0.25, 0.3) is 0 Å². The highest BCUT2D eigenvalue weighted by Gasteiger charge is 2.31. The van der Waals surface area contributed by atoms with Gasteiger partial charge >= 0.3 is 17.9 Å². The number of hydrogen-bond acceptors (Lipinski definition) is 7. The Labute approximate surface area is 159 Å². The summed E-state index contributed by atoms with van der Waals surface area (Å²) in [7, 11) is 0. The molecule has 28 heavy (non-hydrogen) atoms. The number of rotatable bonds is 12. The number of carbonyl (C=O) groups excluding carboxylic acids is 3. The van der Waals surface area contributed by atoms with Gasteiger partial charge in [-0.1, -0.05) is 13.8 Å². The first-order valence-corrected chi connectivity index (χ1v) is 8.14.